The molecule has 1 aromatic carbocycles. The fourth-order valence-corrected chi connectivity index (χ4v) is 4.72. The largest absolute Gasteiger partial charge is 0.486 e. The van der Waals surface area contributed by atoms with Crippen LogP contribution in [-0.2, 0) is 10.2 Å². The van der Waals surface area contributed by atoms with Gasteiger partial charge in [-0.1, -0.05) is 18.9 Å². The van der Waals surface area contributed by atoms with Gasteiger partial charge in [0.1, 0.15) is 18.9 Å². The van der Waals surface area contributed by atoms with Crippen molar-refractivity contribution in [1.29, 1.82) is 0 Å². The lowest BCUT2D eigenvalue weighted by molar-refractivity contribution is 0.0599. The third-order valence-corrected chi connectivity index (χ3v) is 6.36. The Labute approximate surface area is 176 Å². The second kappa shape index (κ2) is 8.05. The molecule has 2 aromatic rings. The second-order valence-electron chi connectivity index (χ2n) is 8.15. The SMILES string of the molecule is COC(=O)c1c(C)[nH]c(C(=O)NCC2(c3ccc4c(c3)OCCO4)CCCC2)c1C. The minimum Gasteiger partial charge on any atom is -0.486 e. The van der Waals surface area contributed by atoms with Crippen LogP contribution in [0.5, 0.6) is 11.5 Å². The van der Waals surface area contributed by atoms with Gasteiger partial charge in [0.05, 0.1) is 12.7 Å². The molecule has 0 spiro atoms. The average molecular weight is 412 g/mol. The zero-order valence-corrected chi connectivity index (χ0v) is 17.7. The van der Waals surface area contributed by atoms with Crippen LogP contribution in [0.2, 0.25) is 0 Å². The first-order valence-electron chi connectivity index (χ1n) is 10.4. The van der Waals surface area contributed by atoms with E-state index in [4.69, 9.17) is 14.2 Å². The number of aromatic amines is 1. The van der Waals surface area contributed by atoms with E-state index in [1.54, 1.807) is 13.8 Å². The molecule has 2 heterocycles. The Kier molecular flexibility index (Phi) is 5.45. The smallest absolute Gasteiger partial charge is 0.339 e. The standard InChI is InChI=1S/C23H28N2O5/c1-14-19(22(27)28-3)15(2)25-20(14)21(26)24-13-23(8-4-5-9-23)16-6-7-17-18(12-16)30-11-10-29-17/h6-7,12,25H,4-5,8-11,13H2,1-3H3,(H,24,26). The van der Waals surface area contributed by atoms with Crippen LogP contribution in [0.4, 0.5) is 0 Å². The summed E-state index contributed by atoms with van der Waals surface area (Å²) in [6.07, 6.45) is 4.25. The van der Waals surface area contributed by atoms with E-state index in [1.807, 2.05) is 6.07 Å². The molecule has 4 rings (SSSR count). The summed E-state index contributed by atoms with van der Waals surface area (Å²) >= 11 is 0. The van der Waals surface area contributed by atoms with Crippen molar-refractivity contribution in [3.05, 3.63) is 46.3 Å². The van der Waals surface area contributed by atoms with Gasteiger partial charge < -0.3 is 24.5 Å². The van der Waals surface area contributed by atoms with Crippen LogP contribution in [0.3, 0.4) is 0 Å². The van der Waals surface area contributed by atoms with Gasteiger partial charge in [-0.2, -0.15) is 0 Å². The Morgan fingerprint density at radius 2 is 1.83 bits per heavy atom. The van der Waals surface area contributed by atoms with Crippen molar-refractivity contribution >= 4 is 11.9 Å². The van der Waals surface area contributed by atoms with Crippen molar-refractivity contribution in [1.82, 2.24) is 10.3 Å². The molecule has 2 aliphatic rings. The molecule has 1 aliphatic heterocycles. The topological polar surface area (TPSA) is 89.7 Å². The number of hydrogen-bond acceptors (Lipinski definition) is 5. The predicted octanol–water partition coefficient (Wildman–Crippen LogP) is 3.43. The van der Waals surface area contributed by atoms with Gasteiger partial charge in [-0.05, 0) is 49.9 Å². The molecular formula is C23H28N2O5. The zero-order valence-electron chi connectivity index (χ0n) is 17.7. The van der Waals surface area contributed by atoms with Crippen LogP contribution in [0.1, 0.15) is 63.4 Å². The number of fused-ring (bicyclic) bond motifs is 1. The highest BCUT2D eigenvalue weighted by Crippen LogP contribution is 2.43. The Hall–Kier alpha value is -2.96. The summed E-state index contributed by atoms with van der Waals surface area (Å²) in [5.74, 6) is 0.892. The van der Waals surface area contributed by atoms with E-state index in [0.29, 0.717) is 42.3 Å². The van der Waals surface area contributed by atoms with Gasteiger partial charge in [0.2, 0.25) is 0 Å². The molecule has 0 bridgehead atoms. The van der Waals surface area contributed by atoms with Crippen molar-refractivity contribution < 1.29 is 23.8 Å². The van der Waals surface area contributed by atoms with Crippen LogP contribution >= 0.6 is 0 Å². The number of amides is 1. The number of carbonyl (C=O) groups is 2. The number of esters is 1. The van der Waals surface area contributed by atoms with E-state index in [2.05, 4.69) is 22.4 Å². The molecule has 0 atom stereocenters. The van der Waals surface area contributed by atoms with Gasteiger partial charge in [0, 0.05) is 17.7 Å². The van der Waals surface area contributed by atoms with Gasteiger partial charge in [0.15, 0.2) is 11.5 Å². The van der Waals surface area contributed by atoms with E-state index >= 15 is 0 Å². The first kappa shape index (κ1) is 20.3. The van der Waals surface area contributed by atoms with E-state index in [0.717, 1.165) is 37.2 Å². The van der Waals surface area contributed by atoms with Crippen LogP contribution in [0, 0.1) is 13.8 Å². The maximum absolute atomic E-state index is 13.0. The van der Waals surface area contributed by atoms with Gasteiger partial charge in [-0.25, -0.2) is 4.79 Å². The predicted molar refractivity (Wildman–Crippen MR) is 112 cm³/mol. The fourth-order valence-electron chi connectivity index (χ4n) is 4.72. The lowest BCUT2D eigenvalue weighted by Gasteiger charge is -2.31. The summed E-state index contributed by atoms with van der Waals surface area (Å²) in [6, 6.07) is 6.11. The molecule has 160 valence electrons. The summed E-state index contributed by atoms with van der Waals surface area (Å²) in [5.41, 5.74) is 3.10. The fraction of sp³-hybridized carbons (Fsp3) is 0.478. The number of carbonyl (C=O) groups excluding carboxylic acids is 2. The lowest BCUT2D eigenvalue weighted by Crippen LogP contribution is -2.39. The number of H-pyrrole nitrogens is 1. The minimum absolute atomic E-state index is 0.133. The number of aromatic nitrogens is 1. The van der Waals surface area contributed by atoms with Gasteiger partial charge in [-0.3, -0.25) is 4.79 Å². The Bertz CT molecular complexity index is 972. The molecule has 2 N–H and O–H groups in total. The Morgan fingerprint density at radius 1 is 1.13 bits per heavy atom. The molecule has 1 aromatic heterocycles. The normalized spacial score (nSPS) is 16.9. The van der Waals surface area contributed by atoms with Crippen LogP contribution in [-0.4, -0.2) is 43.7 Å². The first-order valence-corrected chi connectivity index (χ1v) is 10.4. The Balaban J connectivity index is 1.55. The van der Waals surface area contributed by atoms with Crippen molar-refractivity contribution in [3.63, 3.8) is 0 Å². The maximum atomic E-state index is 13.0. The monoisotopic (exact) mass is 412 g/mol. The first-order chi connectivity index (χ1) is 14.4. The number of ether oxygens (including phenoxy) is 3. The summed E-state index contributed by atoms with van der Waals surface area (Å²) < 4.78 is 16.3. The highest BCUT2D eigenvalue weighted by molar-refractivity contribution is 6.00. The molecule has 7 heteroatoms. The summed E-state index contributed by atoms with van der Waals surface area (Å²) in [7, 11) is 1.34. The molecule has 0 unspecified atom stereocenters. The molecule has 0 saturated heterocycles. The van der Waals surface area contributed by atoms with Crippen molar-refractivity contribution in [2.24, 2.45) is 0 Å². The number of hydrogen-bond donors (Lipinski definition) is 2. The maximum Gasteiger partial charge on any atom is 0.339 e. The van der Waals surface area contributed by atoms with E-state index in [9.17, 15) is 9.59 Å². The van der Waals surface area contributed by atoms with E-state index < -0.39 is 5.97 Å². The quantitative estimate of drug-likeness (QED) is 0.735. The van der Waals surface area contributed by atoms with Gasteiger partial charge in [0.25, 0.3) is 5.91 Å². The molecule has 7 nitrogen and oxygen atoms in total. The van der Waals surface area contributed by atoms with E-state index in [1.165, 1.54) is 12.7 Å². The number of methoxy groups -OCH3 is 1. The van der Waals surface area contributed by atoms with Crippen LogP contribution in [0.25, 0.3) is 0 Å². The molecule has 1 amide bonds. The third kappa shape index (κ3) is 3.53. The lowest BCUT2D eigenvalue weighted by atomic mass is 9.78. The highest BCUT2D eigenvalue weighted by Gasteiger charge is 2.37. The summed E-state index contributed by atoms with van der Waals surface area (Å²) in [6.45, 7) is 5.17. The summed E-state index contributed by atoms with van der Waals surface area (Å²) in [4.78, 5) is 28.0. The number of benzene rings is 1. The molecule has 1 fully saturated rings. The van der Waals surface area contributed by atoms with Gasteiger partial charge >= 0.3 is 5.97 Å². The second-order valence-corrected chi connectivity index (χ2v) is 8.15. The number of rotatable bonds is 5. The van der Waals surface area contributed by atoms with E-state index in [-0.39, 0.29) is 11.3 Å². The summed E-state index contributed by atoms with van der Waals surface area (Å²) in [5, 5.41) is 3.10. The van der Waals surface area contributed by atoms with Crippen molar-refractivity contribution in [2.45, 2.75) is 44.9 Å². The minimum atomic E-state index is -0.441. The molecule has 0 radical (unpaired) electrons. The number of nitrogens with one attached hydrogen (secondary N) is 2. The highest BCUT2D eigenvalue weighted by atomic mass is 16.6. The molecular weight excluding hydrogens is 384 g/mol. The molecule has 30 heavy (non-hydrogen) atoms. The average Bonchev–Trinajstić information content (AvgIpc) is 3.36. The third-order valence-electron chi connectivity index (χ3n) is 6.36. The van der Waals surface area contributed by atoms with Crippen molar-refractivity contribution in [2.75, 3.05) is 26.9 Å². The Morgan fingerprint density at radius 3 is 2.53 bits per heavy atom. The molecule has 1 aliphatic carbocycles. The van der Waals surface area contributed by atoms with Crippen LogP contribution < -0.4 is 14.8 Å². The number of aryl methyl sites for hydroxylation is 1. The zero-order chi connectivity index (χ0) is 21.3. The van der Waals surface area contributed by atoms with Gasteiger partial charge in [-0.15, -0.1) is 0 Å². The van der Waals surface area contributed by atoms with Crippen molar-refractivity contribution in [3.8, 4) is 11.5 Å². The van der Waals surface area contributed by atoms with Crippen LogP contribution in [0.15, 0.2) is 18.2 Å². The molecule has 1 saturated carbocycles.